The fraction of sp³-hybridized carbons (Fsp3) is 0.174. The molecule has 5 nitrogen and oxygen atoms in total. The van der Waals surface area contributed by atoms with E-state index in [4.69, 9.17) is 0 Å². The predicted molar refractivity (Wildman–Crippen MR) is 116 cm³/mol. The number of benzene rings is 3. The molecule has 0 N–H and O–H groups in total. The Morgan fingerprint density at radius 2 is 1.32 bits per heavy atom. The molecule has 3 rings (SSSR count). The summed E-state index contributed by atoms with van der Waals surface area (Å²) in [7, 11) is -3.93. The molecule has 3 aromatic rings. The van der Waals surface area contributed by atoms with Gasteiger partial charge in [-0.3, -0.25) is 9.10 Å². The van der Waals surface area contributed by atoms with Crippen molar-refractivity contribution in [3.8, 4) is 0 Å². The Labute approximate surface area is 180 Å². The van der Waals surface area contributed by atoms with Gasteiger partial charge in [0, 0.05) is 19.2 Å². The van der Waals surface area contributed by atoms with Crippen LogP contribution in [0.1, 0.15) is 11.1 Å². The lowest BCUT2D eigenvalue weighted by Crippen LogP contribution is -2.42. The van der Waals surface area contributed by atoms with Gasteiger partial charge < -0.3 is 4.90 Å². The SMILES string of the molecule is CS(=O)(=O)N(CC(=O)N(Cc1ccccc1)Cc1ccccc1)c1ccc(F)c(F)c1. The van der Waals surface area contributed by atoms with Gasteiger partial charge in [-0.2, -0.15) is 0 Å². The Bertz CT molecular complexity index is 1100. The summed E-state index contributed by atoms with van der Waals surface area (Å²) in [6, 6.07) is 21.3. The van der Waals surface area contributed by atoms with Gasteiger partial charge in [0.2, 0.25) is 15.9 Å². The molecule has 162 valence electrons. The van der Waals surface area contributed by atoms with Gasteiger partial charge in [0.1, 0.15) is 6.54 Å². The van der Waals surface area contributed by atoms with E-state index in [1.165, 1.54) is 4.90 Å². The predicted octanol–water partition coefficient (Wildman–Crippen LogP) is 3.96. The van der Waals surface area contributed by atoms with Crippen LogP contribution in [0, 0.1) is 11.6 Å². The molecule has 0 heterocycles. The first-order valence-electron chi connectivity index (χ1n) is 9.52. The van der Waals surface area contributed by atoms with Crippen LogP contribution >= 0.6 is 0 Å². The molecular weight excluding hydrogens is 422 g/mol. The topological polar surface area (TPSA) is 57.7 Å². The number of hydrogen-bond donors (Lipinski definition) is 0. The lowest BCUT2D eigenvalue weighted by molar-refractivity contribution is -0.130. The van der Waals surface area contributed by atoms with Gasteiger partial charge in [0.05, 0.1) is 11.9 Å². The second-order valence-corrected chi connectivity index (χ2v) is 9.00. The molecule has 31 heavy (non-hydrogen) atoms. The minimum Gasteiger partial charge on any atom is -0.332 e. The quantitative estimate of drug-likeness (QED) is 0.529. The standard InChI is InChI=1S/C23H22F2N2O3S/c1-31(29,30)27(20-12-13-21(24)22(25)14-20)17-23(28)26(15-18-8-4-2-5-9-18)16-19-10-6-3-7-11-19/h2-14H,15-17H2,1H3. The minimum atomic E-state index is -3.93. The number of sulfonamides is 1. The monoisotopic (exact) mass is 444 g/mol. The van der Waals surface area contributed by atoms with Crippen LogP contribution in [-0.4, -0.2) is 32.0 Å². The zero-order valence-electron chi connectivity index (χ0n) is 16.9. The zero-order chi connectivity index (χ0) is 22.4. The molecule has 0 fully saturated rings. The van der Waals surface area contributed by atoms with Crippen molar-refractivity contribution in [1.82, 2.24) is 4.90 Å². The van der Waals surface area contributed by atoms with Gasteiger partial charge in [-0.1, -0.05) is 60.7 Å². The first-order valence-corrected chi connectivity index (χ1v) is 11.4. The number of anilines is 1. The largest absolute Gasteiger partial charge is 0.332 e. The van der Waals surface area contributed by atoms with Gasteiger partial charge in [-0.25, -0.2) is 17.2 Å². The molecule has 3 aromatic carbocycles. The lowest BCUT2D eigenvalue weighted by atomic mass is 10.1. The Hall–Kier alpha value is -3.26. The van der Waals surface area contributed by atoms with Crippen LogP contribution < -0.4 is 4.31 Å². The molecule has 0 atom stereocenters. The van der Waals surface area contributed by atoms with E-state index in [1.54, 1.807) is 0 Å². The summed E-state index contributed by atoms with van der Waals surface area (Å²) < 4.78 is 52.5. The van der Waals surface area contributed by atoms with Gasteiger partial charge in [-0.05, 0) is 23.3 Å². The van der Waals surface area contributed by atoms with E-state index in [0.717, 1.165) is 39.9 Å². The van der Waals surface area contributed by atoms with Crippen molar-refractivity contribution < 1.29 is 22.0 Å². The van der Waals surface area contributed by atoms with E-state index in [9.17, 15) is 22.0 Å². The average molecular weight is 445 g/mol. The minimum absolute atomic E-state index is 0.117. The van der Waals surface area contributed by atoms with Gasteiger partial charge in [-0.15, -0.1) is 0 Å². The van der Waals surface area contributed by atoms with E-state index in [2.05, 4.69) is 0 Å². The average Bonchev–Trinajstić information content (AvgIpc) is 2.74. The fourth-order valence-electron chi connectivity index (χ4n) is 3.10. The zero-order valence-corrected chi connectivity index (χ0v) is 17.7. The smallest absolute Gasteiger partial charge is 0.243 e. The Balaban J connectivity index is 1.89. The second-order valence-electron chi connectivity index (χ2n) is 7.09. The van der Waals surface area contributed by atoms with Crippen LogP contribution in [0.3, 0.4) is 0 Å². The third kappa shape index (κ3) is 6.11. The van der Waals surface area contributed by atoms with E-state index < -0.39 is 34.1 Å². The number of nitrogens with zero attached hydrogens (tertiary/aromatic N) is 2. The summed E-state index contributed by atoms with van der Waals surface area (Å²) >= 11 is 0. The fourth-order valence-corrected chi connectivity index (χ4v) is 3.94. The van der Waals surface area contributed by atoms with Crippen LogP contribution in [0.2, 0.25) is 0 Å². The Morgan fingerprint density at radius 3 is 1.77 bits per heavy atom. The molecule has 0 saturated carbocycles. The van der Waals surface area contributed by atoms with Crippen LogP contribution in [0.5, 0.6) is 0 Å². The molecule has 0 aliphatic carbocycles. The molecule has 0 saturated heterocycles. The van der Waals surface area contributed by atoms with E-state index >= 15 is 0 Å². The maximum absolute atomic E-state index is 13.7. The van der Waals surface area contributed by atoms with Crippen molar-refractivity contribution in [3.05, 3.63) is 102 Å². The molecular formula is C23H22F2N2O3S. The first-order chi connectivity index (χ1) is 14.7. The first kappa shape index (κ1) is 22.4. The molecule has 0 aliphatic heterocycles. The lowest BCUT2D eigenvalue weighted by Gasteiger charge is -2.28. The number of carbonyl (C=O) groups excluding carboxylic acids is 1. The Kier molecular flexibility index (Phi) is 7.02. The molecule has 0 aliphatic rings. The summed E-state index contributed by atoms with van der Waals surface area (Å²) in [6.45, 7) is -0.00251. The highest BCUT2D eigenvalue weighted by Gasteiger charge is 2.25. The molecule has 1 amide bonds. The van der Waals surface area contributed by atoms with Crippen LogP contribution in [0.4, 0.5) is 14.5 Å². The number of hydrogen-bond acceptors (Lipinski definition) is 3. The summed E-state index contributed by atoms with van der Waals surface area (Å²) in [4.78, 5) is 14.7. The van der Waals surface area contributed by atoms with Gasteiger partial charge >= 0.3 is 0 Å². The molecule has 0 radical (unpaired) electrons. The van der Waals surface area contributed by atoms with Crippen molar-refractivity contribution in [1.29, 1.82) is 0 Å². The third-order valence-electron chi connectivity index (χ3n) is 4.66. The summed E-state index contributed by atoms with van der Waals surface area (Å²) in [6.07, 6.45) is 0.917. The number of halogens is 2. The molecule has 8 heteroatoms. The van der Waals surface area contributed by atoms with E-state index in [1.807, 2.05) is 60.7 Å². The van der Waals surface area contributed by atoms with Crippen molar-refractivity contribution in [2.24, 2.45) is 0 Å². The van der Waals surface area contributed by atoms with Crippen molar-refractivity contribution >= 4 is 21.6 Å². The van der Waals surface area contributed by atoms with Crippen LogP contribution in [-0.2, 0) is 27.9 Å². The molecule has 0 aromatic heterocycles. The van der Waals surface area contributed by atoms with E-state index in [0.29, 0.717) is 0 Å². The van der Waals surface area contributed by atoms with Crippen LogP contribution in [0.25, 0.3) is 0 Å². The summed E-state index contributed by atoms with van der Waals surface area (Å²) in [5, 5.41) is 0. The highest BCUT2D eigenvalue weighted by molar-refractivity contribution is 7.92. The van der Waals surface area contributed by atoms with Gasteiger partial charge in [0.25, 0.3) is 0 Å². The van der Waals surface area contributed by atoms with Crippen LogP contribution in [0.15, 0.2) is 78.9 Å². The van der Waals surface area contributed by atoms with Gasteiger partial charge in [0.15, 0.2) is 11.6 Å². The maximum atomic E-state index is 13.7. The molecule has 0 spiro atoms. The Morgan fingerprint density at radius 1 is 0.806 bits per heavy atom. The number of carbonyl (C=O) groups is 1. The normalized spacial score (nSPS) is 11.2. The highest BCUT2D eigenvalue weighted by atomic mass is 32.2. The molecule has 0 unspecified atom stereocenters. The van der Waals surface area contributed by atoms with E-state index in [-0.39, 0.29) is 18.8 Å². The number of amides is 1. The second kappa shape index (κ2) is 9.70. The summed E-state index contributed by atoms with van der Waals surface area (Å²) in [5.41, 5.74) is 1.64. The summed E-state index contributed by atoms with van der Waals surface area (Å²) in [5.74, 6) is -2.76. The highest BCUT2D eigenvalue weighted by Crippen LogP contribution is 2.21. The van der Waals surface area contributed by atoms with Crippen molar-refractivity contribution in [3.63, 3.8) is 0 Å². The maximum Gasteiger partial charge on any atom is 0.243 e. The van der Waals surface area contributed by atoms with Crippen molar-refractivity contribution in [2.75, 3.05) is 17.1 Å². The number of rotatable bonds is 8. The molecule has 0 bridgehead atoms. The van der Waals surface area contributed by atoms with Crippen molar-refractivity contribution in [2.45, 2.75) is 13.1 Å². The third-order valence-corrected chi connectivity index (χ3v) is 5.80.